The van der Waals surface area contributed by atoms with Crippen LogP contribution in [0.5, 0.6) is 0 Å². The molecule has 0 nitrogen and oxygen atoms in total. The number of rotatable bonds is 9. The van der Waals surface area contributed by atoms with Crippen LogP contribution < -0.4 is 0 Å². The maximum atomic E-state index is 15.4. The fourth-order valence-corrected chi connectivity index (χ4v) is 6.72. The normalized spacial score (nSPS) is 18.6. The van der Waals surface area contributed by atoms with Gasteiger partial charge in [0.2, 0.25) is 0 Å². The summed E-state index contributed by atoms with van der Waals surface area (Å²) in [6.07, 6.45) is 9.37. The van der Waals surface area contributed by atoms with Crippen LogP contribution in [0.4, 0.5) is 30.7 Å². The first kappa shape index (κ1) is 30.4. The standard InChI is InChI=1S/C35H35F7/c1-3-5-6-8-19-9-11-20(12-10-19)21-13-14-25(27(36)18-21)31(38)32(39)26-17-24-16-23-15-22(7-4-2)30(37)34(41)28(23)29(24)35(42)33(26)40/h13-15,17-20H,3-12,16H2,1-2H3/b32-31+. The Hall–Kier alpha value is -3.09. The molecule has 0 aromatic heterocycles. The summed E-state index contributed by atoms with van der Waals surface area (Å²) in [5.74, 6) is -9.40. The summed E-state index contributed by atoms with van der Waals surface area (Å²) in [5, 5.41) is 0. The lowest BCUT2D eigenvalue weighted by Crippen LogP contribution is -2.13. The number of unbranched alkanes of at least 4 members (excludes halogenated alkanes) is 2. The molecule has 0 aliphatic heterocycles. The van der Waals surface area contributed by atoms with Gasteiger partial charge >= 0.3 is 0 Å². The van der Waals surface area contributed by atoms with Gasteiger partial charge in [-0.2, -0.15) is 0 Å². The molecule has 0 spiro atoms. The van der Waals surface area contributed by atoms with Gasteiger partial charge in [-0.15, -0.1) is 0 Å². The smallest absolute Gasteiger partial charge is 0.169 e. The molecule has 1 fully saturated rings. The first-order valence-electron chi connectivity index (χ1n) is 15.0. The van der Waals surface area contributed by atoms with E-state index >= 15 is 22.0 Å². The molecule has 2 aliphatic rings. The number of aryl methyl sites for hydroxylation is 1. The summed E-state index contributed by atoms with van der Waals surface area (Å²) in [4.78, 5) is 0. The highest BCUT2D eigenvalue weighted by Gasteiger charge is 2.33. The molecule has 1 saturated carbocycles. The molecule has 224 valence electrons. The monoisotopic (exact) mass is 588 g/mol. The minimum atomic E-state index is -1.76. The van der Waals surface area contributed by atoms with Gasteiger partial charge in [0.1, 0.15) is 5.82 Å². The molecule has 0 amide bonds. The van der Waals surface area contributed by atoms with E-state index in [1.165, 1.54) is 37.8 Å². The Balaban J connectivity index is 1.41. The fourth-order valence-electron chi connectivity index (χ4n) is 6.72. The zero-order valence-corrected chi connectivity index (χ0v) is 24.0. The highest BCUT2D eigenvalue weighted by molar-refractivity contribution is 5.86. The van der Waals surface area contributed by atoms with Crippen molar-refractivity contribution in [3.8, 4) is 11.1 Å². The zero-order chi connectivity index (χ0) is 30.1. The molecule has 5 rings (SSSR count). The van der Waals surface area contributed by atoms with Crippen molar-refractivity contribution in [3.63, 3.8) is 0 Å². The second-order valence-corrected chi connectivity index (χ2v) is 11.8. The molecule has 7 heteroatoms. The maximum Gasteiger partial charge on any atom is 0.169 e. The molecule has 3 aromatic carbocycles. The number of benzene rings is 3. The third-order valence-electron chi connectivity index (χ3n) is 9.00. The van der Waals surface area contributed by atoms with E-state index in [0.29, 0.717) is 17.9 Å². The van der Waals surface area contributed by atoms with Crippen molar-refractivity contribution in [1.29, 1.82) is 0 Å². The van der Waals surface area contributed by atoms with Crippen LogP contribution in [-0.2, 0) is 12.8 Å². The summed E-state index contributed by atoms with van der Waals surface area (Å²) < 4.78 is 106. The average molecular weight is 589 g/mol. The predicted octanol–water partition coefficient (Wildman–Crippen LogP) is 11.5. The van der Waals surface area contributed by atoms with Crippen LogP contribution in [-0.4, -0.2) is 0 Å². The first-order valence-corrected chi connectivity index (χ1v) is 15.0. The van der Waals surface area contributed by atoms with Crippen molar-refractivity contribution in [2.24, 2.45) is 5.92 Å². The van der Waals surface area contributed by atoms with E-state index in [1.54, 1.807) is 13.0 Å². The Kier molecular flexibility index (Phi) is 9.14. The Morgan fingerprint density at radius 1 is 0.690 bits per heavy atom. The molecule has 0 radical (unpaired) electrons. The minimum absolute atomic E-state index is 0.00471. The maximum absolute atomic E-state index is 15.4. The molecule has 2 aliphatic carbocycles. The number of halogens is 7. The summed E-state index contributed by atoms with van der Waals surface area (Å²) in [6.45, 7) is 3.97. The molecule has 0 N–H and O–H groups in total. The molecule has 0 unspecified atom stereocenters. The quantitative estimate of drug-likeness (QED) is 0.104. The molecule has 3 aromatic rings. The van der Waals surface area contributed by atoms with Crippen molar-refractivity contribution >= 4 is 11.7 Å². The van der Waals surface area contributed by atoms with Gasteiger partial charge in [-0.05, 0) is 90.8 Å². The topological polar surface area (TPSA) is 0 Å². The summed E-state index contributed by atoms with van der Waals surface area (Å²) >= 11 is 0. The zero-order valence-electron chi connectivity index (χ0n) is 24.0. The van der Waals surface area contributed by atoms with E-state index in [2.05, 4.69) is 6.92 Å². The van der Waals surface area contributed by atoms with Crippen molar-refractivity contribution < 1.29 is 30.7 Å². The molecule has 42 heavy (non-hydrogen) atoms. The number of hydrogen-bond donors (Lipinski definition) is 0. The SMILES string of the molecule is CCCCCC1CCC(c2ccc(/C(F)=C(\F)c3cc4c(c(F)c3F)-c3c(cc(CCC)c(F)c3F)C4)c(F)c2)CC1. The first-order chi connectivity index (χ1) is 20.2. The summed E-state index contributed by atoms with van der Waals surface area (Å²) in [5.41, 5.74) is -1.58. The van der Waals surface area contributed by atoms with Crippen molar-refractivity contribution in [2.75, 3.05) is 0 Å². The van der Waals surface area contributed by atoms with Crippen LogP contribution in [0.15, 0.2) is 30.3 Å². The molecule has 0 saturated heterocycles. The minimum Gasteiger partial charge on any atom is -0.206 e. The van der Waals surface area contributed by atoms with Gasteiger partial charge in [-0.1, -0.05) is 58.1 Å². The molecule has 0 atom stereocenters. The number of fused-ring (bicyclic) bond motifs is 3. The van der Waals surface area contributed by atoms with Gasteiger partial charge < -0.3 is 0 Å². The van der Waals surface area contributed by atoms with Crippen molar-refractivity contribution in [3.05, 3.63) is 92.8 Å². The molecule has 0 bridgehead atoms. The van der Waals surface area contributed by atoms with E-state index in [-0.39, 0.29) is 35.4 Å². The van der Waals surface area contributed by atoms with Crippen molar-refractivity contribution in [1.82, 2.24) is 0 Å². The van der Waals surface area contributed by atoms with Crippen LogP contribution in [0.25, 0.3) is 22.8 Å². The second kappa shape index (κ2) is 12.6. The number of hydrogen-bond acceptors (Lipinski definition) is 0. The van der Waals surface area contributed by atoms with Gasteiger partial charge in [-0.3, -0.25) is 0 Å². The summed E-state index contributed by atoms with van der Waals surface area (Å²) in [6, 6.07) is 6.19. The Labute approximate surface area is 242 Å². The van der Waals surface area contributed by atoms with Crippen LogP contribution in [0.1, 0.15) is 111 Å². The Morgan fingerprint density at radius 3 is 1.98 bits per heavy atom. The lowest BCUT2D eigenvalue weighted by atomic mass is 9.77. The highest BCUT2D eigenvalue weighted by Crippen LogP contribution is 2.45. The average Bonchev–Trinajstić information content (AvgIpc) is 3.36. The van der Waals surface area contributed by atoms with Gasteiger partial charge in [0.15, 0.2) is 34.9 Å². The van der Waals surface area contributed by atoms with E-state index in [9.17, 15) is 8.78 Å². The van der Waals surface area contributed by atoms with Gasteiger partial charge in [-0.25, -0.2) is 30.7 Å². The fraction of sp³-hybridized carbons (Fsp3) is 0.429. The van der Waals surface area contributed by atoms with E-state index in [1.807, 2.05) is 0 Å². The van der Waals surface area contributed by atoms with Crippen LogP contribution in [0, 0.1) is 35.0 Å². The largest absolute Gasteiger partial charge is 0.206 e. The van der Waals surface area contributed by atoms with Gasteiger partial charge in [0.05, 0.1) is 5.56 Å². The molecular weight excluding hydrogens is 553 g/mol. The third kappa shape index (κ3) is 5.63. The molecular formula is C35H35F7. The Bertz CT molecular complexity index is 1510. The summed E-state index contributed by atoms with van der Waals surface area (Å²) in [7, 11) is 0. The molecule has 0 heterocycles. The predicted molar refractivity (Wildman–Crippen MR) is 153 cm³/mol. The third-order valence-corrected chi connectivity index (χ3v) is 9.00. The highest BCUT2D eigenvalue weighted by atomic mass is 19.2. The van der Waals surface area contributed by atoms with Crippen LogP contribution in [0.3, 0.4) is 0 Å². The van der Waals surface area contributed by atoms with E-state index < -0.39 is 63.0 Å². The van der Waals surface area contributed by atoms with E-state index in [4.69, 9.17) is 0 Å². The van der Waals surface area contributed by atoms with Gasteiger partial charge in [0.25, 0.3) is 0 Å². The lowest BCUT2D eigenvalue weighted by Gasteiger charge is -2.29. The van der Waals surface area contributed by atoms with Crippen LogP contribution >= 0.6 is 0 Å². The van der Waals surface area contributed by atoms with Crippen LogP contribution in [0.2, 0.25) is 0 Å². The van der Waals surface area contributed by atoms with Crippen molar-refractivity contribution in [2.45, 2.75) is 90.4 Å². The lowest BCUT2D eigenvalue weighted by molar-refractivity contribution is 0.302. The van der Waals surface area contributed by atoms with Gasteiger partial charge in [0, 0.05) is 16.7 Å². The van der Waals surface area contributed by atoms with E-state index in [0.717, 1.165) is 37.8 Å². The second-order valence-electron chi connectivity index (χ2n) is 11.8. The Morgan fingerprint density at radius 2 is 1.33 bits per heavy atom.